The fourth-order valence-corrected chi connectivity index (χ4v) is 5.06. The van der Waals surface area contributed by atoms with Gasteiger partial charge in [0, 0.05) is 17.5 Å². The number of carbonyl (C=O) groups is 3. The highest BCUT2D eigenvalue weighted by Gasteiger charge is 2.14. The van der Waals surface area contributed by atoms with Crippen molar-refractivity contribution in [2.24, 2.45) is 0 Å². The Kier molecular flexibility index (Phi) is 15.9. The van der Waals surface area contributed by atoms with Gasteiger partial charge in [0.2, 0.25) is 0 Å². The number of anilines is 2. The van der Waals surface area contributed by atoms with Gasteiger partial charge in [-0.2, -0.15) is 0 Å². The van der Waals surface area contributed by atoms with Crippen LogP contribution in [0.4, 0.5) is 11.4 Å². The third kappa shape index (κ3) is 13.6. The first kappa shape index (κ1) is 36.7. The molecule has 0 heterocycles. The van der Waals surface area contributed by atoms with Gasteiger partial charge in [0.05, 0.1) is 24.3 Å². The topological polar surface area (TPSA) is 151 Å². The second-order valence-corrected chi connectivity index (χ2v) is 11.6. The van der Waals surface area contributed by atoms with Crippen LogP contribution < -0.4 is 20.9 Å². The molecule has 9 nitrogen and oxygen atoms in total. The summed E-state index contributed by atoms with van der Waals surface area (Å²) in [6, 6.07) is 16.9. The quantitative estimate of drug-likeness (QED) is 0.0342. The van der Waals surface area contributed by atoms with Crippen LogP contribution in [-0.2, 0) is 16.0 Å². The highest BCUT2D eigenvalue weighted by molar-refractivity contribution is 5.93. The van der Waals surface area contributed by atoms with E-state index in [0.717, 1.165) is 81.9 Å². The third-order valence-electron chi connectivity index (χ3n) is 7.71. The molecule has 0 aliphatic rings. The van der Waals surface area contributed by atoms with E-state index in [2.05, 4.69) is 6.92 Å². The molecule has 0 saturated carbocycles. The number of ether oxygens (including phenoxy) is 3. The Balaban J connectivity index is 1.22. The molecule has 47 heavy (non-hydrogen) atoms. The largest absolute Gasteiger partial charge is 0.494 e. The Labute approximate surface area is 277 Å². The van der Waals surface area contributed by atoms with E-state index in [9.17, 15) is 19.5 Å². The maximum Gasteiger partial charge on any atom is 0.338 e. The van der Waals surface area contributed by atoms with E-state index >= 15 is 0 Å². The minimum atomic E-state index is -0.999. The van der Waals surface area contributed by atoms with Crippen LogP contribution in [0.15, 0.2) is 66.7 Å². The molecule has 5 N–H and O–H groups in total. The first-order valence-electron chi connectivity index (χ1n) is 16.6. The van der Waals surface area contributed by atoms with Crippen molar-refractivity contribution in [3.05, 3.63) is 89.0 Å². The minimum Gasteiger partial charge on any atom is -0.494 e. The van der Waals surface area contributed by atoms with Gasteiger partial charge in [-0.05, 0) is 91.4 Å². The lowest BCUT2D eigenvalue weighted by Gasteiger charge is -2.11. The molecule has 0 aliphatic carbocycles. The van der Waals surface area contributed by atoms with Crippen LogP contribution in [0.2, 0.25) is 0 Å². The molecule has 3 aromatic rings. The van der Waals surface area contributed by atoms with E-state index in [1.807, 2.05) is 0 Å². The van der Waals surface area contributed by atoms with Crippen molar-refractivity contribution >= 4 is 35.4 Å². The van der Waals surface area contributed by atoms with Crippen LogP contribution in [0.5, 0.6) is 11.5 Å². The number of hydrogen-bond acceptors (Lipinski definition) is 8. The zero-order valence-corrected chi connectivity index (χ0v) is 27.4. The summed E-state index contributed by atoms with van der Waals surface area (Å²) >= 11 is 0. The fraction of sp³-hybridized carbons (Fsp3) is 0.395. The van der Waals surface area contributed by atoms with Crippen LogP contribution in [0, 0.1) is 0 Å². The number of rotatable bonds is 21. The molecule has 0 aliphatic heterocycles. The number of hydrogen-bond donors (Lipinski definition) is 3. The SMILES string of the molecule is CCCCOc1ccc(OC(=O)/C=C/c2ccc(C(=O)OCCCCCCCCCCCc3c(N)cc(N)cc3C(=O)O)cc2)cc1. The lowest BCUT2D eigenvalue weighted by molar-refractivity contribution is -0.128. The number of unbranched alkanes of at least 4 members (excludes halogenated alkanes) is 9. The molecule has 3 aromatic carbocycles. The molecule has 0 spiro atoms. The molecule has 0 radical (unpaired) electrons. The normalized spacial score (nSPS) is 11.0. The monoisotopic (exact) mass is 644 g/mol. The molecule has 0 amide bonds. The second-order valence-electron chi connectivity index (χ2n) is 11.6. The van der Waals surface area contributed by atoms with Gasteiger partial charge < -0.3 is 30.8 Å². The average molecular weight is 645 g/mol. The van der Waals surface area contributed by atoms with E-state index < -0.39 is 11.9 Å². The summed E-state index contributed by atoms with van der Waals surface area (Å²) in [6.45, 7) is 3.14. The molecule has 0 atom stereocenters. The van der Waals surface area contributed by atoms with E-state index in [1.165, 1.54) is 12.1 Å². The predicted molar refractivity (Wildman–Crippen MR) is 186 cm³/mol. The van der Waals surface area contributed by atoms with Gasteiger partial charge in [0.1, 0.15) is 11.5 Å². The van der Waals surface area contributed by atoms with Crippen LogP contribution in [0.3, 0.4) is 0 Å². The van der Waals surface area contributed by atoms with Crippen molar-refractivity contribution in [3.63, 3.8) is 0 Å². The van der Waals surface area contributed by atoms with Crippen molar-refractivity contribution < 1.29 is 33.7 Å². The number of aromatic carboxylic acids is 1. The van der Waals surface area contributed by atoms with Crippen molar-refractivity contribution in [2.45, 2.75) is 84.0 Å². The molecule has 0 fully saturated rings. The lowest BCUT2D eigenvalue weighted by atomic mass is 9.98. The molecule has 0 saturated heterocycles. The maximum absolute atomic E-state index is 12.4. The number of benzene rings is 3. The summed E-state index contributed by atoms with van der Waals surface area (Å²) in [7, 11) is 0. The molecule has 3 rings (SSSR count). The zero-order chi connectivity index (χ0) is 33.9. The Morgan fingerprint density at radius 2 is 1.36 bits per heavy atom. The fourth-order valence-electron chi connectivity index (χ4n) is 5.06. The molecule has 252 valence electrons. The van der Waals surface area contributed by atoms with E-state index in [1.54, 1.807) is 60.7 Å². The molecular formula is C38H48N2O7. The molecule has 9 heteroatoms. The number of nitrogens with two attached hydrogens (primary N) is 2. The van der Waals surface area contributed by atoms with Gasteiger partial charge in [-0.15, -0.1) is 0 Å². The summed E-state index contributed by atoms with van der Waals surface area (Å²) < 4.78 is 16.4. The van der Waals surface area contributed by atoms with Crippen molar-refractivity contribution in [2.75, 3.05) is 24.7 Å². The van der Waals surface area contributed by atoms with Crippen LogP contribution in [0.25, 0.3) is 6.08 Å². The van der Waals surface area contributed by atoms with Crippen molar-refractivity contribution in [3.8, 4) is 11.5 Å². The number of nitrogen functional groups attached to an aromatic ring is 2. The molecular weight excluding hydrogens is 596 g/mol. The summed E-state index contributed by atoms with van der Waals surface area (Å²) in [6.07, 6.45) is 15.0. The number of esters is 2. The van der Waals surface area contributed by atoms with Crippen LogP contribution in [-0.4, -0.2) is 36.2 Å². The molecule has 0 bridgehead atoms. The Morgan fingerprint density at radius 3 is 2.00 bits per heavy atom. The first-order valence-corrected chi connectivity index (χ1v) is 16.6. The Hall–Kier alpha value is -4.79. The summed E-state index contributed by atoms with van der Waals surface area (Å²) in [5.41, 5.74) is 14.6. The highest BCUT2D eigenvalue weighted by Crippen LogP contribution is 2.24. The third-order valence-corrected chi connectivity index (χ3v) is 7.71. The summed E-state index contributed by atoms with van der Waals surface area (Å²) in [4.78, 5) is 36.1. The molecule has 0 unspecified atom stereocenters. The first-order chi connectivity index (χ1) is 22.8. The second kappa shape index (κ2) is 20.4. The van der Waals surface area contributed by atoms with Crippen molar-refractivity contribution in [1.29, 1.82) is 0 Å². The minimum absolute atomic E-state index is 0.196. The number of carboxylic acid groups (broad SMARTS) is 1. The highest BCUT2D eigenvalue weighted by atomic mass is 16.5. The van der Waals surface area contributed by atoms with E-state index in [-0.39, 0.29) is 11.5 Å². The standard InChI is InChI=1S/C38H48N2O7/c1-2-3-24-45-31-19-21-32(22-20-31)47-36(41)23-16-28-14-17-29(18-15-28)38(44)46-25-12-10-8-6-4-5-7-9-11-13-33-34(37(42)43)26-30(39)27-35(33)40/h14-23,26-27H,2-13,24-25,39-40H2,1H3,(H,42,43)/b23-16+. The van der Waals surface area contributed by atoms with Gasteiger partial charge >= 0.3 is 17.9 Å². The van der Waals surface area contributed by atoms with Gasteiger partial charge in [0.15, 0.2) is 0 Å². The lowest BCUT2D eigenvalue weighted by Crippen LogP contribution is -2.07. The Morgan fingerprint density at radius 1 is 0.745 bits per heavy atom. The maximum atomic E-state index is 12.4. The average Bonchev–Trinajstić information content (AvgIpc) is 3.05. The molecule has 0 aromatic heterocycles. The van der Waals surface area contributed by atoms with Gasteiger partial charge in [0.25, 0.3) is 0 Å². The number of carbonyl (C=O) groups excluding carboxylic acids is 2. The predicted octanol–water partition coefficient (Wildman–Crippen LogP) is 8.26. The number of carboxylic acids is 1. The van der Waals surface area contributed by atoms with Crippen molar-refractivity contribution in [1.82, 2.24) is 0 Å². The van der Waals surface area contributed by atoms with Crippen LogP contribution in [0.1, 0.15) is 109 Å². The summed E-state index contributed by atoms with van der Waals surface area (Å²) in [5, 5.41) is 9.41. The summed E-state index contributed by atoms with van der Waals surface area (Å²) in [5.74, 6) is -0.687. The van der Waals surface area contributed by atoms with E-state index in [4.69, 9.17) is 25.7 Å². The van der Waals surface area contributed by atoms with Gasteiger partial charge in [-0.3, -0.25) is 0 Å². The Bertz CT molecular complexity index is 1450. The van der Waals surface area contributed by atoms with Gasteiger partial charge in [-0.25, -0.2) is 14.4 Å². The van der Waals surface area contributed by atoms with Crippen LogP contribution >= 0.6 is 0 Å². The zero-order valence-electron chi connectivity index (χ0n) is 27.4. The van der Waals surface area contributed by atoms with E-state index in [0.29, 0.717) is 47.9 Å². The van der Waals surface area contributed by atoms with Gasteiger partial charge in [-0.1, -0.05) is 70.4 Å². The smallest absolute Gasteiger partial charge is 0.338 e.